The Kier molecular flexibility index (Phi) is 6.48. The first-order valence-corrected chi connectivity index (χ1v) is 11.3. The largest absolute Gasteiger partial charge is 0.351 e. The van der Waals surface area contributed by atoms with Crippen LogP contribution in [0, 0.1) is 17.0 Å². The first kappa shape index (κ1) is 21.5. The van der Waals surface area contributed by atoms with Gasteiger partial charge in [-0.1, -0.05) is 24.3 Å². The molecule has 0 bridgehead atoms. The lowest BCUT2D eigenvalue weighted by Crippen LogP contribution is -2.24. The van der Waals surface area contributed by atoms with Crippen LogP contribution in [0.5, 0.6) is 0 Å². The number of sulfonamides is 1. The Labute approximate surface area is 177 Å². The summed E-state index contributed by atoms with van der Waals surface area (Å²) in [6.45, 7) is 2.03. The van der Waals surface area contributed by atoms with E-state index in [2.05, 4.69) is 10.0 Å². The summed E-state index contributed by atoms with van der Waals surface area (Å²) in [4.78, 5) is 23.3. The molecular weight excluding hydrogens is 426 g/mol. The van der Waals surface area contributed by atoms with Gasteiger partial charge in [0.15, 0.2) is 0 Å². The topological polar surface area (TPSA) is 118 Å². The van der Waals surface area contributed by atoms with Crippen molar-refractivity contribution in [3.63, 3.8) is 0 Å². The second-order valence-electron chi connectivity index (χ2n) is 6.54. The zero-order chi connectivity index (χ0) is 21.7. The van der Waals surface area contributed by atoms with Gasteiger partial charge in [0.05, 0.1) is 22.8 Å². The summed E-state index contributed by atoms with van der Waals surface area (Å²) in [6, 6.07) is 13.9. The number of benzene rings is 2. The lowest BCUT2D eigenvalue weighted by molar-refractivity contribution is -0.385. The van der Waals surface area contributed by atoms with Gasteiger partial charge in [-0.05, 0) is 41.6 Å². The molecule has 3 rings (SSSR count). The second-order valence-corrected chi connectivity index (χ2v) is 9.23. The van der Waals surface area contributed by atoms with Crippen molar-refractivity contribution in [3.05, 3.63) is 86.1 Å². The van der Waals surface area contributed by atoms with Gasteiger partial charge in [0, 0.05) is 22.7 Å². The van der Waals surface area contributed by atoms with Crippen LogP contribution < -0.4 is 10.0 Å². The molecule has 2 aromatic carbocycles. The van der Waals surface area contributed by atoms with Crippen molar-refractivity contribution in [2.24, 2.45) is 0 Å². The van der Waals surface area contributed by atoms with E-state index in [1.165, 1.54) is 12.1 Å². The van der Waals surface area contributed by atoms with E-state index in [9.17, 15) is 23.3 Å². The minimum absolute atomic E-state index is 0.135. The number of carbonyl (C=O) groups is 1. The van der Waals surface area contributed by atoms with Crippen molar-refractivity contribution in [2.75, 3.05) is 4.72 Å². The molecule has 0 saturated heterocycles. The summed E-state index contributed by atoms with van der Waals surface area (Å²) in [6.07, 6.45) is 0.169. The van der Waals surface area contributed by atoms with Crippen LogP contribution in [-0.2, 0) is 27.8 Å². The summed E-state index contributed by atoms with van der Waals surface area (Å²) in [5.74, 6) is -0.135. The fourth-order valence-electron chi connectivity index (χ4n) is 2.74. The predicted octanol–water partition coefficient (Wildman–Crippen LogP) is 3.62. The zero-order valence-corrected chi connectivity index (χ0v) is 17.6. The highest BCUT2D eigenvalue weighted by molar-refractivity contribution is 7.92. The average molecular weight is 446 g/mol. The highest BCUT2D eigenvalue weighted by atomic mass is 32.2. The van der Waals surface area contributed by atoms with Gasteiger partial charge in [-0.25, -0.2) is 8.42 Å². The van der Waals surface area contributed by atoms with Gasteiger partial charge in [-0.2, -0.15) is 0 Å². The Bertz CT molecular complexity index is 1160. The summed E-state index contributed by atoms with van der Waals surface area (Å²) in [7, 11) is -4.00. The van der Waals surface area contributed by atoms with Crippen LogP contribution in [0.1, 0.15) is 16.0 Å². The highest BCUT2D eigenvalue weighted by Crippen LogP contribution is 2.24. The zero-order valence-electron chi connectivity index (χ0n) is 16.0. The minimum Gasteiger partial charge on any atom is -0.351 e. The van der Waals surface area contributed by atoms with Gasteiger partial charge in [-0.3, -0.25) is 19.6 Å². The molecule has 1 heterocycles. The molecule has 0 fully saturated rings. The van der Waals surface area contributed by atoms with Crippen LogP contribution in [0.2, 0.25) is 0 Å². The number of nitro groups is 1. The Morgan fingerprint density at radius 3 is 2.50 bits per heavy atom. The Hall–Kier alpha value is -3.24. The normalized spacial score (nSPS) is 11.1. The Morgan fingerprint density at radius 2 is 1.87 bits per heavy atom. The number of nitro benzene ring substituents is 1. The molecular formula is C20H19N3O5S2. The second kappa shape index (κ2) is 9.06. The molecule has 3 aromatic rings. The molecule has 0 radical (unpaired) electrons. The molecule has 0 aliphatic carbocycles. The van der Waals surface area contributed by atoms with Crippen molar-refractivity contribution < 1.29 is 18.1 Å². The van der Waals surface area contributed by atoms with E-state index < -0.39 is 14.9 Å². The SMILES string of the molecule is Cc1ccc([N+](=O)[O-])cc1S(=O)(=O)Nc1ccc(CC(=O)NCc2cccs2)cc1. The number of anilines is 1. The standard InChI is InChI=1S/C20H19N3O5S2/c1-14-4-9-17(23(25)26)12-19(14)30(27,28)22-16-7-5-15(6-8-16)11-20(24)21-13-18-3-2-10-29-18/h2-10,12,22H,11,13H2,1H3,(H,21,24). The van der Waals surface area contributed by atoms with Crippen molar-refractivity contribution in [2.45, 2.75) is 24.8 Å². The molecule has 0 aliphatic heterocycles. The molecule has 0 atom stereocenters. The summed E-state index contributed by atoms with van der Waals surface area (Å²) < 4.78 is 27.7. The van der Waals surface area contributed by atoms with E-state index in [4.69, 9.17) is 0 Å². The van der Waals surface area contributed by atoms with Crippen LogP contribution >= 0.6 is 11.3 Å². The van der Waals surface area contributed by atoms with Crippen LogP contribution in [0.25, 0.3) is 0 Å². The van der Waals surface area contributed by atoms with Gasteiger partial charge < -0.3 is 5.32 Å². The molecule has 0 spiro atoms. The van der Waals surface area contributed by atoms with Crippen LogP contribution in [0.15, 0.2) is 64.9 Å². The molecule has 0 unspecified atom stereocenters. The van der Waals surface area contributed by atoms with E-state index in [-0.39, 0.29) is 22.9 Å². The third-order valence-corrected chi connectivity index (χ3v) is 6.68. The summed E-state index contributed by atoms with van der Waals surface area (Å²) in [5.41, 5.74) is 1.12. The maximum atomic E-state index is 12.7. The van der Waals surface area contributed by atoms with Crippen LogP contribution in [0.3, 0.4) is 0 Å². The van der Waals surface area contributed by atoms with Gasteiger partial charge in [0.2, 0.25) is 5.91 Å². The molecule has 1 amide bonds. The van der Waals surface area contributed by atoms with Crippen LogP contribution in [0.4, 0.5) is 11.4 Å². The van der Waals surface area contributed by atoms with Crippen molar-refractivity contribution >= 4 is 38.6 Å². The smallest absolute Gasteiger partial charge is 0.270 e. The maximum absolute atomic E-state index is 12.7. The lowest BCUT2D eigenvalue weighted by atomic mass is 10.1. The van der Waals surface area contributed by atoms with Crippen molar-refractivity contribution in [1.82, 2.24) is 5.32 Å². The number of aryl methyl sites for hydroxylation is 1. The minimum atomic E-state index is -4.00. The number of carbonyl (C=O) groups excluding carboxylic acids is 1. The Balaban J connectivity index is 1.65. The number of nitrogens with zero attached hydrogens (tertiary/aromatic N) is 1. The average Bonchev–Trinajstić information content (AvgIpc) is 3.21. The third-order valence-electron chi connectivity index (χ3n) is 4.28. The third kappa shape index (κ3) is 5.43. The van der Waals surface area contributed by atoms with Gasteiger partial charge in [-0.15, -0.1) is 11.3 Å². The molecule has 8 nitrogen and oxygen atoms in total. The van der Waals surface area contributed by atoms with Crippen LogP contribution in [-0.4, -0.2) is 19.2 Å². The summed E-state index contributed by atoms with van der Waals surface area (Å²) >= 11 is 1.56. The molecule has 156 valence electrons. The number of non-ortho nitro benzene ring substituents is 1. The maximum Gasteiger partial charge on any atom is 0.270 e. The van der Waals surface area contributed by atoms with Crippen molar-refractivity contribution in [1.29, 1.82) is 0 Å². The van der Waals surface area contributed by atoms with Crippen molar-refractivity contribution in [3.8, 4) is 0 Å². The first-order chi connectivity index (χ1) is 14.2. The highest BCUT2D eigenvalue weighted by Gasteiger charge is 2.20. The molecule has 0 aliphatic rings. The van der Waals surface area contributed by atoms with E-state index in [0.717, 1.165) is 16.5 Å². The molecule has 0 saturated carbocycles. The monoisotopic (exact) mass is 445 g/mol. The fourth-order valence-corrected chi connectivity index (χ4v) is 4.71. The van der Waals surface area contributed by atoms with E-state index in [1.807, 2.05) is 17.5 Å². The number of hydrogen-bond donors (Lipinski definition) is 2. The number of thiophene rings is 1. The molecule has 2 N–H and O–H groups in total. The molecule has 1 aromatic heterocycles. The fraction of sp³-hybridized carbons (Fsp3) is 0.150. The van der Waals surface area contributed by atoms with Gasteiger partial charge in [0.25, 0.3) is 15.7 Å². The number of amides is 1. The number of nitrogens with one attached hydrogen (secondary N) is 2. The predicted molar refractivity (Wildman–Crippen MR) is 115 cm³/mol. The Morgan fingerprint density at radius 1 is 1.13 bits per heavy atom. The summed E-state index contributed by atoms with van der Waals surface area (Å²) in [5, 5.41) is 15.7. The van der Waals surface area contributed by atoms with Gasteiger partial charge in [0.1, 0.15) is 0 Å². The van der Waals surface area contributed by atoms with E-state index in [1.54, 1.807) is 42.5 Å². The quantitative estimate of drug-likeness (QED) is 0.405. The number of hydrogen-bond acceptors (Lipinski definition) is 6. The van der Waals surface area contributed by atoms with E-state index >= 15 is 0 Å². The molecule has 30 heavy (non-hydrogen) atoms. The van der Waals surface area contributed by atoms with E-state index in [0.29, 0.717) is 17.8 Å². The lowest BCUT2D eigenvalue weighted by Gasteiger charge is -2.11. The molecule has 10 heteroatoms. The van der Waals surface area contributed by atoms with Gasteiger partial charge >= 0.3 is 0 Å². The first-order valence-electron chi connectivity index (χ1n) is 8.90. The number of rotatable bonds is 8.